The number of hydrogen-bond donors (Lipinski definition) is 4. The Labute approximate surface area is 117 Å². The minimum atomic E-state index is -0.0913. The van der Waals surface area contributed by atoms with Crippen LogP contribution >= 0.6 is 0 Å². The summed E-state index contributed by atoms with van der Waals surface area (Å²) < 4.78 is 0. The minimum Gasteiger partial charge on any atom is -0.399 e. The third-order valence-electron chi connectivity index (χ3n) is 4.16. The van der Waals surface area contributed by atoms with Gasteiger partial charge in [0.25, 0.3) is 5.91 Å². The number of nitrogens with one attached hydrogen (secondary N) is 2. The molecule has 2 atom stereocenters. The van der Waals surface area contributed by atoms with Gasteiger partial charge in [0.15, 0.2) is 0 Å². The Kier molecular flexibility index (Phi) is 3.36. The van der Waals surface area contributed by atoms with Gasteiger partial charge < -0.3 is 21.1 Å². The molecular weight excluding hydrogens is 254 g/mol. The van der Waals surface area contributed by atoms with Crippen LogP contribution in [0.4, 0.5) is 5.69 Å². The highest BCUT2D eigenvalue weighted by Crippen LogP contribution is 2.26. The maximum atomic E-state index is 12.4. The van der Waals surface area contributed by atoms with Gasteiger partial charge in [-0.15, -0.1) is 0 Å². The van der Waals surface area contributed by atoms with Gasteiger partial charge in [-0.1, -0.05) is 6.42 Å². The van der Waals surface area contributed by atoms with Gasteiger partial charge in [-0.2, -0.15) is 0 Å². The maximum Gasteiger partial charge on any atom is 0.253 e. The molecule has 0 bridgehead atoms. The van der Waals surface area contributed by atoms with Gasteiger partial charge >= 0.3 is 0 Å². The van der Waals surface area contributed by atoms with Crippen LogP contribution in [0.3, 0.4) is 0 Å². The van der Waals surface area contributed by atoms with Gasteiger partial charge in [0, 0.05) is 41.4 Å². The van der Waals surface area contributed by atoms with Gasteiger partial charge in [0.1, 0.15) is 0 Å². The largest absolute Gasteiger partial charge is 0.399 e. The summed E-state index contributed by atoms with van der Waals surface area (Å²) in [5.74, 6) is 0.0890. The standard InChI is InChI=1S/C15H19N3O2/c16-10-4-5-11-12(7-17-14(11)6-10)15(20)18-13-3-1-2-9(13)8-19/h4-7,9,13,17,19H,1-3,8,16H2,(H,18,20). The fourth-order valence-corrected chi connectivity index (χ4v) is 3.02. The van der Waals surface area contributed by atoms with E-state index in [1.807, 2.05) is 12.1 Å². The number of aromatic nitrogens is 1. The van der Waals surface area contributed by atoms with Gasteiger partial charge in [0.05, 0.1) is 5.56 Å². The number of anilines is 1. The van der Waals surface area contributed by atoms with Crippen molar-refractivity contribution in [3.05, 3.63) is 30.0 Å². The highest BCUT2D eigenvalue weighted by molar-refractivity contribution is 6.07. The molecule has 0 radical (unpaired) electrons. The molecule has 3 rings (SSSR count). The summed E-state index contributed by atoms with van der Waals surface area (Å²) in [7, 11) is 0. The maximum absolute atomic E-state index is 12.4. The number of rotatable bonds is 3. The van der Waals surface area contributed by atoms with Gasteiger partial charge in [0.2, 0.25) is 0 Å². The summed E-state index contributed by atoms with van der Waals surface area (Å²) in [6, 6.07) is 5.54. The van der Waals surface area contributed by atoms with Crippen LogP contribution in [-0.4, -0.2) is 28.6 Å². The molecule has 106 valence electrons. The minimum absolute atomic E-state index is 0.0752. The topological polar surface area (TPSA) is 91.1 Å². The van der Waals surface area contributed by atoms with Crippen LogP contribution in [-0.2, 0) is 0 Å². The molecule has 1 saturated carbocycles. The molecule has 1 amide bonds. The Morgan fingerprint density at radius 3 is 3.10 bits per heavy atom. The van der Waals surface area contributed by atoms with Crippen molar-refractivity contribution in [1.29, 1.82) is 0 Å². The smallest absolute Gasteiger partial charge is 0.253 e. The Bertz CT molecular complexity index is 635. The molecule has 5 heteroatoms. The third kappa shape index (κ3) is 2.25. The van der Waals surface area contributed by atoms with Gasteiger partial charge in [-0.05, 0) is 31.0 Å². The Morgan fingerprint density at radius 2 is 2.30 bits per heavy atom. The number of amides is 1. The molecule has 2 unspecified atom stereocenters. The summed E-state index contributed by atoms with van der Waals surface area (Å²) in [5, 5.41) is 13.2. The number of carbonyl (C=O) groups is 1. The summed E-state index contributed by atoms with van der Waals surface area (Å²) in [6.07, 6.45) is 4.68. The lowest BCUT2D eigenvalue weighted by Crippen LogP contribution is -2.38. The lowest BCUT2D eigenvalue weighted by Gasteiger charge is -2.18. The van der Waals surface area contributed by atoms with Crippen LogP contribution in [0.25, 0.3) is 10.9 Å². The Hall–Kier alpha value is -2.01. The second-order valence-electron chi connectivity index (χ2n) is 5.46. The zero-order chi connectivity index (χ0) is 14.1. The number of H-pyrrole nitrogens is 1. The lowest BCUT2D eigenvalue weighted by molar-refractivity contribution is 0.0918. The number of fused-ring (bicyclic) bond motifs is 1. The van der Waals surface area contributed by atoms with E-state index in [1.54, 1.807) is 12.3 Å². The molecule has 1 fully saturated rings. The number of aliphatic hydroxyl groups excluding tert-OH is 1. The molecule has 1 aromatic heterocycles. The first kappa shape index (κ1) is 13.0. The number of aliphatic hydroxyl groups is 1. The second kappa shape index (κ2) is 5.17. The molecule has 0 spiro atoms. The van der Waals surface area contributed by atoms with E-state index in [-0.39, 0.29) is 24.5 Å². The highest BCUT2D eigenvalue weighted by Gasteiger charge is 2.28. The predicted molar refractivity (Wildman–Crippen MR) is 78.4 cm³/mol. The highest BCUT2D eigenvalue weighted by atomic mass is 16.3. The summed E-state index contributed by atoms with van der Waals surface area (Å²) >= 11 is 0. The second-order valence-corrected chi connectivity index (χ2v) is 5.46. The molecule has 2 aromatic rings. The van der Waals surface area contributed by atoms with Crippen LogP contribution < -0.4 is 11.1 Å². The molecule has 0 aliphatic heterocycles. The summed E-state index contributed by atoms with van der Waals surface area (Å²) in [6.45, 7) is 0.134. The van der Waals surface area contributed by atoms with Crippen molar-refractivity contribution in [1.82, 2.24) is 10.3 Å². The first-order valence-electron chi connectivity index (χ1n) is 6.97. The number of nitrogen functional groups attached to an aromatic ring is 1. The summed E-state index contributed by atoms with van der Waals surface area (Å²) in [5.41, 5.74) is 7.89. The lowest BCUT2D eigenvalue weighted by atomic mass is 10.0. The van der Waals surface area contributed by atoms with Crippen LogP contribution in [0.5, 0.6) is 0 Å². The average Bonchev–Trinajstić information content (AvgIpc) is 3.04. The van der Waals surface area contributed by atoms with Crippen molar-refractivity contribution in [2.24, 2.45) is 5.92 Å². The van der Waals surface area contributed by atoms with E-state index in [4.69, 9.17) is 5.73 Å². The van der Waals surface area contributed by atoms with E-state index in [1.165, 1.54) is 0 Å². The first-order valence-corrected chi connectivity index (χ1v) is 6.97. The number of carbonyl (C=O) groups excluding carboxylic acids is 1. The van der Waals surface area contributed by atoms with E-state index < -0.39 is 0 Å². The van der Waals surface area contributed by atoms with E-state index in [0.29, 0.717) is 11.3 Å². The van der Waals surface area contributed by atoms with E-state index in [9.17, 15) is 9.90 Å². The van der Waals surface area contributed by atoms with Crippen LogP contribution in [0.1, 0.15) is 29.6 Å². The molecule has 1 aromatic carbocycles. The Morgan fingerprint density at radius 1 is 1.45 bits per heavy atom. The number of benzene rings is 1. The quantitative estimate of drug-likeness (QED) is 0.641. The molecule has 1 aliphatic carbocycles. The number of nitrogens with two attached hydrogens (primary N) is 1. The SMILES string of the molecule is Nc1ccc2c(C(=O)NC3CCCC3CO)c[nH]c2c1. The van der Waals surface area contributed by atoms with Gasteiger partial charge in [-0.3, -0.25) is 4.79 Å². The van der Waals surface area contributed by atoms with Crippen LogP contribution in [0, 0.1) is 5.92 Å². The summed E-state index contributed by atoms with van der Waals surface area (Å²) in [4.78, 5) is 15.4. The van der Waals surface area contributed by atoms with Crippen molar-refractivity contribution in [2.45, 2.75) is 25.3 Å². The first-order chi connectivity index (χ1) is 9.69. The van der Waals surface area contributed by atoms with E-state index >= 15 is 0 Å². The van der Waals surface area contributed by atoms with Crippen LogP contribution in [0.15, 0.2) is 24.4 Å². The van der Waals surface area contributed by atoms with Crippen molar-refractivity contribution in [3.63, 3.8) is 0 Å². The number of aromatic amines is 1. The molecule has 5 nitrogen and oxygen atoms in total. The molecule has 1 heterocycles. The predicted octanol–water partition coefficient (Wildman–Crippen LogP) is 1.64. The van der Waals surface area contributed by atoms with Crippen molar-refractivity contribution in [3.8, 4) is 0 Å². The third-order valence-corrected chi connectivity index (χ3v) is 4.16. The molecular formula is C15H19N3O2. The fraction of sp³-hybridized carbons (Fsp3) is 0.400. The zero-order valence-corrected chi connectivity index (χ0v) is 11.2. The monoisotopic (exact) mass is 273 g/mol. The van der Waals surface area contributed by atoms with E-state index in [0.717, 1.165) is 30.2 Å². The Balaban J connectivity index is 1.82. The number of hydrogen-bond acceptors (Lipinski definition) is 3. The molecule has 0 saturated heterocycles. The zero-order valence-electron chi connectivity index (χ0n) is 11.2. The fourth-order valence-electron chi connectivity index (χ4n) is 3.02. The van der Waals surface area contributed by atoms with Crippen molar-refractivity contribution in [2.75, 3.05) is 12.3 Å². The molecule has 5 N–H and O–H groups in total. The van der Waals surface area contributed by atoms with Gasteiger partial charge in [-0.25, -0.2) is 0 Å². The van der Waals surface area contributed by atoms with Crippen LogP contribution in [0.2, 0.25) is 0 Å². The van der Waals surface area contributed by atoms with E-state index in [2.05, 4.69) is 10.3 Å². The van der Waals surface area contributed by atoms with Crippen molar-refractivity contribution < 1.29 is 9.90 Å². The average molecular weight is 273 g/mol. The molecule has 1 aliphatic rings. The van der Waals surface area contributed by atoms with Crippen molar-refractivity contribution >= 4 is 22.5 Å². The molecule has 20 heavy (non-hydrogen) atoms. The normalized spacial score (nSPS) is 22.2.